The summed E-state index contributed by atoms with van der Waals surface area (Å²) in [5.74, 6) is -0.638. The smallest absolute Gasteiger partial charge is 0.335 e. The lowest BCUT2D eigenvalue weighted by molar-refractivity contribution is -0.0592. The van der Waals surface area contributed by atoms with E-state index in [4.69, 9.17) is 14.2 Å². The number of aryl methyl sites for hydroxylation is 1. The molecule has 1 N–H and O–H groups in total. The van der Waals surface area contributed by atoms with Crippen LogP contribution in [0.1, 0.15) is 46.8 Å². The van der Waals surface area contributed by atoms with Gasteiger partial charge in [0.15, 0.2) is 23.2 Å². The van der Waals surface area contributed by atoms with Crippen molar-refractivity contribution in [2.24, 2.45) is 0 Å². The van der Waals surface area contributed by atoms with Crippen molar-refractivity contribution < 1.29 is 32.9 Å². The summed E-state index contributed by atoms with van der Waals surface area (Å²) in [6.07, 6.45) is 3.91. The van der Waals surface area contributed by atoms with Crippen LogP contribution in [0.3, 0.4) is 0 Å². The zero-order valence-electron chi connectivity index (χ0n) is 23.1. The summed E-state index contributed by atoms with van der Waals surface area (Å²) in [6, 6.07) is 8.95. The number of likely N-dealkylation sites (tertiary alicyclic amines) is 1. The number of hydrogen-bond donors (Lipinski definition) is 1. The third kappa shape index (κ3) is 6.19. The molecule has 4 heterocycles. The number of piperidine rings is 1. The molecule has 0 radical (unpaired) electrons. The van der Waals surface area contributed by atoms with Crippen LogP contribution < -0.4 is 9.47 Å². The number of carbonyl (C=O) groups is 1. The van der Waals surface area contributed by atoms with Crippen LogP contribution in [-0.4, -0.2) is 67.4 Å². The van der Waals surface area contributed by atoms with E-state index >= 15 is 0 Å². The molecular weight excluding hydrogens is 548 g/mol. The molecule has 12 heteroatoms. The topological polar surface area (TPSA) is 112 Å². The van der Waals surface area contributed by atoms with Crippen molar-refractivity contribution in [1.29, 1.82) is 0 Å². The highest BCUT2D eigenvalue weighted by Crippen LogP contribution is 2.27. The van der Waals surface area contributed by atoms with E-state index in [2.05, 4.69) is 19.9 Å². The monoisotopic (exact) mass is 579 g/mol. The third-order valence-electron chi connectivity index (χ3n) is 7.62. The molecule has 0 unspecified atom stereocenters. The third-order valence-corrected chi connectivity index (χ3v) is 7.62. The van der Waals surface area contributed by atoms with Crippen LogP contribution in [0.25, 0.3) is 11.0 Å². The Hall–Kier alpha value is -4.16. The number of rotatable bonds is 10. The normalized spacial score (nSPS) is 17.7. The van der Waals surface area contributed by atoms with Gasteiger partial charge in [-0.2, -0.15) is 4.98 Å². The molecule has 0 aliphatic carbocycles. The molecule has 0 saturated carbocycles. The summed E-state index contributed by atoms with van der Waals surface area (Å²) in [5, 5.41) is 9.44. The van der Waals surface area contributed by atoms with Gasteiger partial charge in [-0.1, -0.05) is 6.07 Å². The van der Waals surface area contributed by atoms with Gasteiger partial charge in [0.05, 0.1) is 30.3 Å². The fraction of sp³-hybridized carbons (Fsp3) is 0.400. The molecule has 2 aliphatic heterocycles. The van der Waals surface area contributed by atoms with Crippen molar-refractivity contribution >= 4 is 17.0 Å². The van der Waals surface area contributed by atoms with Crippen LogP contribution in [0.5, 0.6) is 11.6 Å². The maximum absolute atomic E-state index is 14.8. The molecule has 0 spiro atoms. The summed E-state index contributed by atoms with van der Waals surface area (Å²) >= 11 is 0. The minimum Gasteiger partial charge on any atom is -0.483 e. The number of benzene rings is 2. The Morgan fingerprint density at radius 3 is 2.62 bits per heavy atom. The Morgan fingerprint density at radius 2 is 1.90 bits per heavy atom. The van der Waals surface area contributed by atoms with E-state index in [1.807, 2.05) is 11.5 Å². The SMILES string of the molecule is Cc1ccc(OCc2nccc(OC3CCN(Cc4nc5c(F)cc(C(=O)O)cc5n4C[C@@H]4CCO4)CC3)n2)c(F)c1. The van der Waals surface area contributed by atoms with E-state index < -0.39 is 17.6 Å². The minimum atomic E-state index is -1.18. The first-order valence-corrected chi connectivity index (χ1v) is 14.0. The molecule has 2 aromatic carbocycles. The zero-order valence-corrected chi connectivity index (χ0v) is 23.1. The maximum Gasteiger partial charge on any atom is 0.335 e. The molecule has 0 amide bonds. The predicted molar refractivity (Wildman–Crippen MR) is 147 cm³/mol. The molecule has 2 fully saturated rings. The minimum absolute atomic E-state index is 0.00380. The van der Waals surface area contributed by atoms with Crippen LogP contribution in [0.4, 0.5) is 8.78 Å². The summed E-state index contributed by atoms with van der Waals surface area (Å²) in [6.45, 7) is 4.93. The van der Waals surface area contributed by atoms with Crippen LogP contribution in [0.2, 0.25) is 0 Å². The zero-order chi connectivity index (χ0) is 29.2. The molecule has 220 valence electrons. The Kier molecular flexibility index (Phi) is 7.98. The number of hydrogen-bond acceptors (Lipinski definition) is 8. The molecule has 2 saturated heterocycles. The van der Waals surface area contributed by atoms with E-state index in [9.17, 15) is 18.7 Å². The molecule has 6 rings (SSSR count). The van der Waals surface area contributed by atoms with E-state index in [-0.39, 0.29) is 35.6 Å². The molecular formula is C30H31F2N5O5. The second-order valence-electron chi connectivity index (χ2n) is 10.7. The number of aromatic nitrogens is 4. The van der Waals surface area contributed by atoms with Crippen LogP contribution >= 0.6 is 0 Å². The highest BCUT2D eigenvalue weighted by Gasteiger charge is 2.27. The van der Waals surface area contributed by atoms with Gasteiger partial charge in [0.2, 0.25) is 5.88 Å². The second kappa shape index (κ2) is 12.0. The van der Waals surface area contributed by atoms with Crippen LogP contribution in [-0.2, 0) is 24.4 Å². The second-order valence-corrected chi connectivity index (χ2v) is 10.7. The molecule has 4 aromatic rings. The lowest BCUT2D eigenvalue weighted by Gasteiger charge is -2.32. The van der Waals surface area contributed by atoms with E-state index in [1.54, 1.807) is 24.4 Å². The van der Waals surface area contributed by atoms with Gasteiger partial charge in [-0.3, -0.25) is 4.90 Å². The first-order chi connectivity index (χ1) is 20.3. The summed E-state index contributed by atoms with van der Waals surface area (Å²) < 4.78 is 48.1. The maximum atomic E-state index is 14.8. The molecule has 42 heavy (non-hydrogen) atoms. The van der Waals surface area contributed by atoms with Gasteiger partial charge < -0.3 is 23.9 Å². The van der Waals surface area contributed by atoms with E-state index in [0.29, 0.717) is 42.7 Å². The van der Waals surface area contributed by atoms with Gasteiger partial charge in [0, 0.05) is 32.0 Å². The molecule has 1 atom stereocenters. The van der Waals surface area contributed by atoms with Crippen molar-refractivity contribution in [2.45, 2.75) is 58.1 Å². The highest BCUT2D eigenvalue weighted by atomic mass is 19.1. The van der Waals surface area contributed by atoms with Gasteiger partial charge in [0.1, 0.15) is 24.1 Å². The Bertz CT molecular complexity index is 1600. The Labute approximate surface area is 240 Å². The van der Waals surface area contributed by atoms with E-state index in [0.717, 1.165) is 44.0 Å². The fourth-order valence-corrected chi connectivity index (χ4v) is 5.25. The largest absolute Gasteiger partial charge is 0.483 e. The van der Waals surface area contributed by atoms with Crippen molar-refractivity contribution in [1.82, 2.24) is 24.4 Å². The number of fused-ring (bicyclic) bond motifs is 1. The predicted octanol–water partition coefficient (Wildman–Crippen LogP) is 4.52. The highest BCUT2D eigenvalue weighted by molar-refractivity contribution is 5.92. The van der Waals surface area contributed by atoms with Crippen molar-refractivity contribution in [2.75, 3.05) is 19.7 Å². The Morgan fingerprint density at radius 1 is 1.10 bits per heavy atom. The van der Waals surface area contributed by atoms with Crippen molar-refractivity contribution in [3.8, 4) is 11.6 Å². The summed E-state index contributed by atoms with van der Waals surface area (Å²) in [4.78, 5) is 27.0. The van der Waals surface area contributed by atoms with Gasteiger partial charge in [-0.05, 0) is 56.0 Å². The number of imidazole rings is 1. The lowest BCUT2D eigenvalue weighted by atomic mass is 10.1. The number of nitrogens with zero attached hydrogens (tertiary/aromatic N) is 5. The number of ether oxygens (including phenoxy) is 3. The van der Waals surface area contributed by atoms with Gasteiger partial charge in [-0.15, -0.1) is 0 Å². The number of halogens is 2. The quantitative estimate of drug-likeness (QED) is 0.290. The first kappa shape index (κ1) is 28.0. The average molecular weight is 580 g/mol. The number of carboxylic acids is 1. The standard InChI is InChI=1S/C30H31F2N5O5/c1-18-2-3-25(22(31)12-18)41-17-26-33-8-4-28(34-26)42-20-5-9-36(10-6-20)16-27-35-29-23(32)13-19(30(38)39)14-24(29)37(27)15-21-7-11-40-21/h2-4,8,12-14,20-21H,5-7,9-11,15-17H2,1H3,(H,38,39)/t21-/m0/s1. The summed E-state index contributed by atoms with van der Waals surface area (Å²) in [5.41, 5.74) is 1.33. The molecule has 0 bridgehead atoms. The number of carboxylic acid groups (broad SMARTS) is 1. The van der Waals surface area contributed by atoms with Crippen molar-refractivity contribution in [3.05, 3.63) is 77.0 Å². The molecule has 10 nitrogen and oxygen atoms in total. The first-order valence-electron chi connectivity index (χ1n) is 14.0. The lowest BCUT2D eigenvalue weighted by Crippen LogP contribution is -2.39. The number of aromatic carboxylic acids is 1. The van der Waals surface area contributed by atoms with E-state index in [1.165, 1.54) is 12.1 Å². The van der Waals surface area contributed by atoms with Crippen molar-refractivity contribution in [3.63, 3.8) is 0 Å². The van der Waals surface area contributed by atoms with Gasteiger partial charge in [0.25, 0.3) is 0 Å². The van der Waals surface area contributed by atoms with Crippen LogP contribution in [0, 0.1) is 18.6 Å². The van der Waals surface area contributed by atoms with Crippen LogP contribution in [0.15, 0.2) is 42.6 Å². The Balaban J connectivity index is 1.08. The van der Waals surface area contributed by atoms with Gasteiger partial charge in [-0.25, -0.2) is 23.5 Å². The molecule has 2 aromatic heterocycles. The fourth-order valence-electron chi connectivity index (χ4n) is 5.25. The average Bonchev–Trinajstić information content (AvgIpc) is 3.28. The summed E-state index contributed by atoms with van der Waals surface area (Å²) in [7, 11) is 0. The van der Waals surface area contributed by atoms with Gasteiger partial charge >= 0.3 is 5.97 Å². The molecule has 2 aliphatic rings.